The average Bonchev–Trinajstić information content (AvgIpc) is 3.02. The zero-order valence-corrected chi connectivity index (χ0v) is 10.9. The predicted molar refractivity (Wildman–Crippen MR) is 69.5 cm³/mol. The molecule has 0 amide bonds. The van der Waals surface area contributed by atoms with Crippen LogP contribution in [0, 0.1) is 0 Å². The molecule has 8 heteroatoms. The van der Waals surface area contributed by atoms with E-state index in [2.05, 4.69) is 25.0 Å². The Morgan fingerprint density at radius 3 is 2.75 bits per heavy atom. The number of nitrogens with one attached hydrogen (secondary N) is 1. The second-order valence-electron chi connectivity index (χ2n) is 4.73. The van der Waals surface area contributed by atoms with Gasteiger partial charge in [-0.25, -0.2) is 9.78 Å². The number of imidazole rings is 1. The van der Waals surface area contributed by atoms with Gasteiger partial charge in [-0.2, -0.15) is 4.98 Å². The molecule has 0 atom stereocenters. The zero-order valence-electron chi connectivity index (χ0n) is 10.9. The number of hydrogen-bond donors (Lipinski definition) is 2. The number of aromatic nitrogens is 4. The topological polar surface area (TPSA) is 108 Å². The van der Waals surface area contributed by atoms with Crippen LogP contribution in [-0.4, -0.2) is 44.3 Å². The molecule has 2 N–H and O–H groups in total. The molecule has 0 unspecified atom stereocenters. The lowest BCUT2D eigenvalue weighted by molar-refractivity contribution is 0.0691. The van der Waals surface area contributed by atoms with Crippen molar-refractivity contribution in [1.29, 1.82) is 0 Å². The number of H-pyrrole nitrogens is 1. The van der Waals surface area contributed by atoms with E-state index in [1.54, 1.807) is 0 Å². The Bertz CT molecular complexity index is 598. The molecule has 8 nitrogen and oxygen atoms in total. The van der Waals surface area contributed by atoms with Gasteiger partial charge in [-0.3, -0.25) is 0 Å². The van der Waals surface area contributed by atoms with Crippen LogP contribution in [0.4, 0.5) is 5.95 Å². The predicted octanol–water partition coefficient (Wildman–Crippen LogP) is 1.54. The van der Waals surface area contributed by atoms with Gasteiger partial charge in [0.1, 0.15) is 5.69 Å². The second-order valence-corrected chi connectivity index (χ2v) is 4.73. The van der Waals surface area contributed by atoms with E-state index in [1.807, 2.05) is 0 Å². The number of rotatable bonds is 3. The van der Waals surface area contributed by atoms with Crippen LogP contribution in [0.2, 0.25) is 0 Å². The number of aromatic amines is 1. The third-order valence-electron chi connectivity index (χ3n) is 3.36. The van der Waals surface area contributed by atoms with Gasteiger partial charge in [-0.1, -0.05) is 12.8 Å². The van der Waals surface area contributed by atoms with Crippen molar-refractivity contribution in [2.75, 3.05) is 18.0 Å². The van der Waals surface area contributed by atoms with Crippen molar-refractivity contribution >= 4 is 11.9 Å². The Kier molecular flexibility index (Phi) is 3.36. The van der Waals surface area contributed by atoms with E-state index in [1.165, 1.54) is 19.2 Å². The Hall–Kier alpha value is -2.38. The molecule has 0 saturated carbocycles. The Balaban J connectivity index is 1.86. The number of hydrogen-bond acceptors (Lipinski definition) is 6. The van der Waals surface area contributed by atoms with Crippen LogP contribution in [0.3, 0.4) is 0 Å². The average molecular weight is 277 g/mol. The fourth-order valence-corrected chi connectivity index (χ4v) is 2.34. The summed E-state index contributed by atoms with van der Waals surface area (Å²) in [5, 5.41) is 13.0. The van der Waals surface area contributed by atoms with Crippen LogP contribution in [0.25, 0.3) is 11.6 Å². The van der Waals surface area contributed by atoms with Gasteiger partial charge in [-0.05, 0) is 18.0 Å². The molecule has 2 aromatic rings. The minimum absolute atomic E-state index is 0.115. The maximum Gasteiger partial charge on any atom is 0.356 e. The summed E-state index contributed by atoms with van der Waals surface area (Å²) < 4.78 is 5.16. The molecule has 1 fully saturated rings. The second kappa shape index (κ2) is 5.32. The first-order valence-corrected chi connectivity index (χ1v) is 6.61. The summed E-state index contributed by atoms with van der Waals surface area (Å²) in [5.41, 5.74) is 0.127. The molecule has 0 bridgehead atoms. The van der Waals surface area contributed by atoms with E-state index in [9.17, 15) is 4.79 Å². The fraction of sp³-hybridized carbons (Fsp3) is 0.500. The number of anilines is 1. The first-order valence-electron chi connectivity index (χ1n) is 6.61. The number of nitrogens with zero attached hydrogens (tertiary/aromatic N) is 4. The normalized spacial score (nSPS) is 16.1. The molecule has 20 heavy (non-hydrogen) atoms. The van der Waals surface area contributed by atoms with E-state index < -0.39 is 5.97 Å². The summed E-state index contributed by atoms with van der Waals surface area (Å²) >= 11 is 0. The SMILES string of the molecule is O=C(O)c1nc[nH]c1-c1nc(N2CCCCCC2)no1. The van der Waals surface area contributed by atoms with Crippen molar-refractivity contribution < 1.29 is 14.4 Å². The van der Waals surface area contributed by atoms with Gasteiger partial charge < -0.3 is 19.5 Å². The van der Waals surface area contributed by atoms with E-state index in [0.29, 0.717) is 5.95 Å². The van der Waals surface area contributed by atoms with Crippen molar-refractivity contribution in [2.45, 2.75) is 25.7 Å². The number of aromatic carboxylic acids is 1. The van der Waals surface area contributed by atoms with Crippen molar-refractivity contribution in [2.24, 2.45) is 0 Å². The number of carboxylic acid groups (broad SMARTS) is 1. The maximum atomic E-state index is 11.0. The molecule has 1 saturated heterocycles. The minimum atomic E-state index is -1.13. The third-order valence-corrected chi connectivity index (χ3v) is 3.36. The molecule has 2 aromatic heterocycles. The van der Waals surface area contributed by atoms with Crippen molar-refractivity contribution in [3.63, 3.8) is 0 Å². The third kappa shape index (κ3) is 2.36. The Morgan fingerprint density at radius 1 is 1.30 bits per heavy atom. The lowest BCUT2D eigenvalue weighted by Crippen LogP contribution is -2.24. The molecule has 3 rings (SSSR count). The van der Waals surface area contributed by atoms with Gasteiger partial charge in [0.05, 0.1) is 6.33 Å². The standard InChI is InChI=1S/C12H15N5O3/c18-11(19)9-8(13-7-14-9)10-15-12(16-20-10)17-5-3-1-2-4-6-17/h7H,1-6H2,(H,13,14)(H,18,19). The van der Waals surface area contributed by atoms with Gasteiger partial charge in [0, 0.05) is 13.1 Å². The highest BCUT2D eigenvalue weighted by molar-refractivity contribution is 5.91. The van der Waals surface area contributed by atoms with Gasteiger partial charge in [0.15, 0.2) is 5.69 Å². The smallest absolute Gasteiger partial charge is 0.356 e. The highest BCUT2D eigenvalue weighted by Gasteiger charge is 2.22. The van der Waals surface area contributed by atoms with Crippen LogP contribution in [0.5, 0.6) is 0 Å². The fourth-order valence-electron chi connectivity index (χ4n) is 2.34. The van der Waals surface area contributed by atoms with Gasteiger partial charge >= 0.3 is 5.97 Å². The van der Waals surface area contributed by atoms with Gasteiger partial charge in [0.25, 0.3) is 11.8 Å². The van der Waals surface area contributed by atoms with Crippen LogP contribution < -0.4 is 4.90 Å². The van der Waals surface area contributed by atoms with Gasteiger partial charge in [0.2, 0.25) is 0 Å². The summed E-state index contributed by atoms with van der Waals surface area (Å²) in [7, 11) is 0. The van der Waals surface area contributed by atoms with Crippen LogP contribution in [0.1, 0.15) is 36.2 Å². The van der Waals surface area contributed by atoms with Gasteiger partial charge in [-0.15, -0.1) is 0 Å². The summed E-state index contributed by atoms with van der Waals surface area (Å²) in [5.74, 6) is -0.470. The molecule has 1 aliphatic rings. The molecule has 3 heterocycles. The lowest BCUT2D eigenvalue weighted by Gasteiger charge is -2.16. The maximum absolute atomic E-state index is 11.0. The summed E-state index contributed by atoms with van der Waals surface area (Å²) in [6.07, 6.45) is 5.94. The number of carbonyl (C=O) groups is 1. The van der Waals surface area contributed by atoms with Crippen molar-refractivity contribution in [1.82, 2.24) is 20.1 Å². The van der Waals surface area contributed by atoms with Crippen LogP contribution >= 0.6 is 0 Å². The Morgan fingerprint density at radius 2 is 2.05 bits per heavy atom. The van der Waals surface area contributed by atoms with E-state index in [4.69, 9.17) is 9.63 Å². The van der Waals surface area contributed by atoms with Crippen molar-refractivity contribution in [3.05, 3.63) is 12.0 Å². The summed E-state index contributed by atoms with van der Waals surface area (Å²) in [6, 6.07) is 0. The van der Waals surface area contributed by atoms with E-state index in [-0.39, 0.29) is 17.3 Å². The first kappa shape index (κ1) is 12.6. The van der Waals surface area contributed by atoms with Crippen molar-refractivity contribution in [3.8, 4) is 11.6 Å². The largest absolute Gasteiger partial charge is 0.476 e. The molecule has 0 radical (unpaired) electrons. The minimum Gasteiger partial charge on any atom is -0.476 e. The highest BCUT2D eigenvalue weighted by atomic mass is 16.5. The molecular formula is C12H15N5O3. The monoisotopic (exact) mass is 277 g/mol. The summed E-state index contributed by atoms with van der Waals surface area (Å²) in [6.45, 7) is 1.79. The highest BCUT2D eigenvalue weighted by Crippen LogP contribution is 2.22. The Labute approximate surface area is 114 Å². The van der Waals surface area contributed by atoms with E-state index in [0.717, 1.165) is 25.9 Å². The first-order chi connectivity index (χ1) is 9.75. The molecule has 0 aliphatic carbocycles. The molecule has 1 aliphatic heterocycles. The molecule has 0 aromatic carbocycles. The van der Waals surface area contributed by atoms with Crippen LogP contribution in [-0.2, 0) is 0 Å². The number of carboxylic acids is 1. The zero-order chi connectivity index (χ0) is 13.9. The molecular weight excluding hydrogens is 262 g/mol. The quantitative estimate of drug-likeness (QED) is 0.875. The van der Waals surface area contributed by atoms with E-state index >= 15 is 0 Å². The molecule has 0 spiro atoms. The lowest BCUT2D eigenvalue weighted by atomic mass is 10.2. The van der Waals surface area contributed by atoms with Crippen LogP contribution in [0.15, 0.2) is 10.9 Å². The molecule has 106 valence electrons. The summed E-state index contributed by atoms with van der Waals surface area (Å²) in [4.78, 5) is 23.8.